The number of likely N-dealkylation sites (tertiary alicyclic amines) is 1. The second-order valence-corrected chi connectivity index (χ2v) is 13.0. The number of esters is 1. The van der Waals surface area contributed by atoms with Crippen molar-refractivity contribution >= 4 is 33.7 Å². The first kappa shape index (κ1) is 28.1. The van der Waals surface area contributed by atoms with Crippen molar-refractivity contribution in [2.45, 2.75) is 88.9 Å². The molecule has 3 heterocycles. The van der Waals surface area contributed by atoms with Gasteiger partial charge in [0, 0.05) is 30.1 Å². The van der Waals surface area contributed by atoms with E-state index in [9.17, 15) is 19.5 Å². The molecular formula is C26H41BrN2O6. The van der Waals surface area contributed by atoms with Crippen LogP contribution >= 0.6 is 15.9 Å². The Morgan fingerprint density at radius 2 is 2.00 bits per heavy atom. The zero-order chi connectivity index (χ0) is 26.3. The number of halogens is 1. The van der Waals surface area contributed by atoms with E-state index < -0.39 is 41.1 Å². The molecule has 3 saturated heterocycles. The lowest BCUT2D eigenvalue weighted by Gasteiger charge is -2.45. The van der Waals surface area contributed by atoms with E-state index in [1.165, 1.54) is 0 Å². The number of hydrogen-bond donors (Lipinski definition) is 1. The number of hydrogen-bond acceptors (Lipinski definition) is 6. The Kier molecular flexibility index (Phi) is 8.14. The quantitative estimate of drug-likeness (QED) is 0.252. The zero-order valence-corrected chi connectivity index (χ0v) is 23.5. The molecule has 0 aromatic heterocycles. The van der Waals surface area contributed by atoms with Crippen molar-refractivity contribution in [1.29, 1.82) is 0 Å². The van der Waals surface area contributed by atoms with Gasteiger partial charge in [0.2, 0.25) is 11.8 Å². The van der Waals surface area contributed by atoms with E-state index >= 15 is 0 Å². The summed E-state index contributed by atoms with van der Waals surface area (Å²) in [5.74, 6) is -2.51. The third-order valence-electron chi connectivity index (χ3n) is 7.41. The van der Waals surface area contributed by atoms with Gasteiger partial charge in [-0.1, -0.05) is 42.8 Å². The second kappa shape index (κ2) is 10.1. The first-order valence-electron chi connectivity index (χ1n) is 12.6. The molecular weight excluding hydrogens is 516 g/mol. The number of aliphatic hydroxyl groups excluding tert-OH is 1. The van der Waals surface area contributed by atoms with Crippen molar-refractivity contribution in [3.05, 3.63) is 12.7 Å². The Morgan fingerprint density at radius 1 is 1.34 bits per heavy atom. The number of alkyl halides is 1. The van der Waals surface area contributed by atoms with Crippen LogP contribution in [0.3, 0.4) is 0 Å². The number of nitrogens with zero attached hydrogens (tertiary/aromatic N) is 2. The van der Waals surface area contributed by atoms with Crippen LogP contribution < -0.4 is 0 Å². The average molecular weight is 558 g/mol. The molecule has 2 bridgehead atoms. The second-order valence-electron chi connectivity index (χ2n) is 11.8. The zero-order valence-electron chi connectivity index (χ0n) is 21.9. The van der Waals surface area contributed by atoms with Crippen molar-refractivity contribution in [2.24, 2.45) is 17.3 Å². The Labute approximate surface area is 217 Å². The van der Waals surface area contributed by atoms with Crippen LogP contribution in [-0.4, -0.2) is 87.1 Å². The van der Waals surface area contributed by atoms with Crippen LogP contribution in [0.5, 0.6) is 0 Å². The van der Waals surface area contributed by atoms with Crippen LogP contribution in [-0.2, 0) is 23.9 Å². The van der Waals surface area contributed by atoms with Gasteiger partial charge in [-0.05, 0) is 45.4 Å². The lowest BCUT2D eigenvalue weighted by molar-refractivity contribution is -0.155. The monoisotopic (exact) mass is 556 g/mol. The molecule has 35 heavy (non-hydrogen) atoms. The largest absolute Gasteiger partial charge is 0.466 e. The van der Waals surface area contributed by atoms with Gasteiger partial charge in [0.25, 0.3) is 0 Å². The maximum Gasteiger partial charge on any atom is 0.312 e. The molecule has 1 spiro atoms. The minimum absolute atomic E-state index is 0.0373. The van der Waals surface area contributed by atoms with E-state index in [4.69, 9.17) is 9.47 Å². The molecule has 0 aromatic carbocycles. The third kappa shape index (κ3) is 4.92. The lowest BCUT2D eigenvalue weighted by Crippen LogP contribution is -2.61. The van der Waals surface area contributed by atoms with Crippen molar-refractivity contribution in [1.82, 2.24) is 9.80 Å². The number of carbonyl (C=O) groups is 3. The summed E-state index contributed by atoms with van der Waals surface area (Å²) >= 11 is 3.66. The minimum atomic E-state index is -1.13. The number of fused-ring (bicyclic) bond motifs is 1. The summed E-state index contributed by atoms with van der Waals surface area (Å²) in [6.45, 7) is 16.7. The maximum absolute atomic E-state index is 14.4. The fraction of sp³-hybridized carbons (Fsp3) is 0.808. The number of aliphatic hydroxyl groups is 1. The lowest BCUT2D eigenvalue weighted by atomic mass is 9.70. The highest BCUT2D eigenvalue weighted by Crippen LogP contribution is 2.60. The number of rotatable bonds is 10. The molecule has 8 nitrogen and oxygen atoms in total. The van der Waals surface area contributed by atoms with Gasteiger partial charge in [0.05, 0.1) is 24.5 Å². The van der Waals surface area contributed by atoms with Gasteiger partial charge in [-0.3, -0.25) is 14.4 Å². The molecule has 1 N–H and O–H groups in total. The summed E-state index contributed by atoms with van der Waals surface area (Å²) in [5.41, 5.74) is -1.68. The molecule has 198 valence electrons. The topological polar surface area (TPSA) is 96.4 Å². The molecule has 0 aromatic rings. The number of ether oxygens (including phenoxy) is 2. The molecule has 9 heteroatoms. The fourth-order valence-electron chi connectivity index (χ4n) is 6.70. The summed E-state index contributed by atoms with van der Waals surface area (Å²) in [7, 11) is 0. The Bertz CT molecular complexity index is 855. The van der Waals surface area contributed by atoms with Gasteiger partial charge in [-0.15, -0.1) is 6.58 Å². The highest BCUT2D eigenvalue weighted by atomic mass is 79.9. The average Bonchev–Trinajstić information content (AvgIpc) is 3.32. The van der Waals surface area contributed by atoms with Crippen LogP contribution in [0.2, 0.25) is 0 Å². The van der Waals surface area contributed by atoms with Crippen LogP contribution in [0.25, 0.3) is 0 Å². The van der Waals surface area contributed by atoms with Crippen molar-refractivity contribution in [2.75, 3.05) is 26.3 Å². The van der Waals surface area contributed by atoms with Gasteiger partial charge < -0.3 is 24.4 Å². The maximum atomic E-state index is 14.4. The van der Waals surface area contributed by atoms with Crippen LogP contribution in [0.1, 0.15) is 60.8 Å². The Balaban J connectivity index is 2.08. The summed E-state index contributed by atoms with van der Waals surface area (Å²) in [6.07, 6.45) is 2.68. The van der Waals surface area contributed by atoms with Crippen molar-refractivity contribution in [3.8, 4) is 0 Å². The van der Waals surface area contributed by atoms with Gasteiger partial charge in [0.15, 0.2) is 0 Å². The number of carbonyl (C=O) groups excluding carboxylic acids is 3. The summed E-state index contributed by atoms with van der Waals surface area (Å²) in [6, 6.07) is -0.893. The minimum Gasteiger partial charge on any atom is -0.466 e. The van der Waals surface area contributed by atoms with Gasteiger partial charge in [-0.2, -0.15) is 0 Å². The van der Waals surface area contributed by atoms with E-state index in [1.54, 1.807) is 22.8 Å². The smallest absolute Gasteiger partial charge is 0.312 e. The molecule has 3 unspecified atom stereocenters. The summed E-state index contributed by atoms with van der Waals surface area (Å²) in [4.78, 5) is 44.4. The normalized spacial score (nSPS) is 32.1. The molecule has 3 aliphatic rings. The van der Waals surface area contributed by atoms with Crippen molar-refractivity contribution in [3.63, 3.8) is 0 Å². The molecule has 2 amide bonds. The van der Waals surface area contributed by atoms with E-state index in [2.05, 4.69) is 43.3 Å². The van der Waals surface area contributed by atoms with Gasteiger partial charge in [-0.25, -0.2) is 0 Å². The molecule has 3 rings (SSSR count). The summed E-state index contributed by atoms with van der Waals surface area (Å²) in [5, 5.41) is 9.51. The van der Waals surface area contributed by atoms with E-state index in [-0.39, 0.29) is 41.8 Å². The standard InChI is InChI=1S/C26H41BrN2O6/c1-8-11-29(25(6,7)15-24(3,4)5)22(32)20-26-14-16(27)19(35-26)17(23(33)34-9-2)18(26)21(31)28(20)12-10-13-30/h8,16-20,30H,1,9-15H2,2-7H3/t16?,17-,18+,19-,20?,26?/m1/s1. The predicted molar refractivity (Wildman–Crippen MR) is 136 cm³/mol. The van der Waals surface area contributed by atoms with Gasteiger partial charge >= 0.3 is 5.97 Å². The molecule has 3 aliphatic heterocycles. The van der Waals surface area contributed by atoms with E-state index in [0.29, 0.717) is 19.4 Å². The fourth-order valence-corrected chi connectivity index (χ4v) is 7.65. The predicted octanol–water partition coefficient (Wildman–Crippen LogP) is 2.91. The van der Waals surface area contributed by atoms with E-state index in [0.717, 1.165) is 6.42 Å². The van der Waals surface area contributed by atoms with Gasteiger partial charge in [0.1, 0.15) is 11.6 Å². The molecule has 0 radical (unpaired) electrons. The highest BCUT2D eigenvalue weighted by molar-refractivity contribution is 9.09. The van der Waals surface area contributed by atoms with E-state index in [1.807, 2.05) is 13.8 Å². The molecule has 0 saturated carbocycles. The Morgan fingerprint density at radius 3 is 2.54 bits per heavy atom. The molecule has 6 atom stereocenters. The van der Waals surface area contributed by atoms with Crippen LogP contribution in [0, 0.1) is 17.3 Å². The molecule has 3 fully saturated rings. The van der Waals surface area contributed by atoms with Crippen LogP contribution in [0.4, 0.5) is 0 Å². The Hall–Kier alpha value is -1.45. The number of amides is 2. The highest BCUT2D eigenvalue weighted by Gasteiger charge is 2.77. The first-order valence-corrected chi connectivity index (χ1v) is 13.5. The SMILES string of the molecule is C=CCN(C(=O)C1N(CCCO)C(=O)[C@@H]2[C@@H](C(=O)OCC)[C@@H]3OC12CC3Br)C(C)(C)CC(C)(C)C. The molecule has 0 aliphatic carbocycles. The van der Waals surface area contributed by atoms with Crippen molar-refractivity contribution < 1.29 is 29.0 Å². The summed E-state index contributed by atoms with van der Waals surface area (Å²) < 4.78 is 11.8. The third-order valence-corrected chi connectivity index (χ3v) is 8.26. The van der Waals surface area contributed by atoms with Crippen LogP contribution in [0.15, 0.2) is 12.7 Å². The first-order chi connectivity index (χ1) is 16.3.